The number of carbonyl (C=O) groups excluding carboxylic acids is 2. The van der Waals surface area contributed by atoms with Crippen LogP contribution in [0.1, 0.15) is 25.7 Å². The van der Waals surface area contributed by atoms with E-state index >= 15 is 0 Å². The summed E-state index contributed by atoms with van der Waals surface area (Å²) in [5.41, 5.74) is 0. The summed E-state index contributed by atoms with van der Waals surface area (Å²) in [6.45, 7) is 7.88. The summed E-state index contributed by atoms with van der Waals surface area (Å²) < 4.78 is 4.73. The van der Waals surface area contributed by atoms with Crippen molar-refractivity contribution in [2.24, 2.45) is 5.92 Å². The number of rotatable bonds is 5. The number of esters is 1. The van der Waals surface area contributed by atoms with Crippen LogP contribution in [-0.4, -0.2) is 111 Å². The number of ether oxygens (including phenoxy) is 1. The van der Waals surface area contributed by atoms with Crippen molar-refractivity contribution in [3.63, 3.8) is 0 Å². The Kier molecular flexibility index (Phi) is 7.46. The van der Waals surface area contributed by atoms with Crippen molar-refractivity contribution in [1.29, 1.82) is 0 Å². The predicted molar refractivity (Wildman–Crippen MR) is 103 cm³/mol. The van der Waals surface area contributed by atoms with Crippen LogP contribution in [0, 0.1) is 5.92 Å². The van der Waals surface area contributed by atoms with Crippen molar-refractivity contribution >= 4 is 11.9 Å². The monoisotopic (exact) mass is 381 g/mol. The molecule has 8 heteroatoms. The van der Waals surface area contributed by atoms with Gasteiger partial charge in [0.15, 0.2) is 0 Å². The zero-order chi connectivity index (χ0) is 19.2. The van der Waals surface area contributed by atoms with Gasteiger partial charge in [-0.05, 0) is 38.8 Å². The van der Waals surface area contributed by atoms with Crippen LogP contribution in [0.15, 0.2) is 0 Å². The molecule has 0 aromatic heterocycles. The summed E-state index contributed by atoms with van der Waals surface area (Å²) in [5, 5.41) is 7.48. The Morgan fingerprint density at radius 3 is 2.22 bits per heavy atom. The summed E-state index contributed by atoms with van der Waals surface area (Å²) >= 11 is 0. The van der Waals surface area contributed by atoms with E-state index in [1.165, 1.54) is 20.0 Å². The molecule has 0 atom stereocenters. The molecule has 0 saturated carbocycles. The number of likely N-dealkylation sites (N-methyl/N-ethyl adjacent to an activating group) is 1. The Bertz CT molecular complexity index is 496. The molecule has 3 aliphatic heterocycles. The maximum absolute atomic E-state index is 12.9. The largest absolute Gasteiger partial charge is 0.468 e. The Hall–Kier alpha value is -1.22. The molecule has 0 aromatic carbocycles. The van der Waals surface area contributed by atoms with Crippen molar-refractivity contribution in [3.8, 4) is 0 Å². The second-order valence-corrected chi connectivity index (χ2v) is 7.96. The van der Waals surface area contributed by atoms with Gasteiger partial charge in [-0.2, -0.15) is 0 Å². The SMILES string of the molecule is COC(=O)CN(C)N1CCC(C(=O)N2CCN(C3CCNCC3)CC2)CC1. The highest BCUT2D eigenvalue weighted by molar-refractivity contribution is 5.79. The minimum Gasteiger partial charge on any atom is -0.468 e. The average Bonchev–Trinajstić information content (AvgIpc) is 2.74. The van der Waals surface area contributed by atoms with Gasteiger partial charge in [-0.3, -0.25) is 14.5 Å². The van der Waals surface area contributed by atoms with Crippen LogP contribution in [-0.2, 0) is 14.3 Å². The fourth-order valence-corrected chi connectivity index (χ4v) is 4.54. The molecular formula is C19H35N5O3. The van der Waals surface area contributed by atoms with Crippen LogP contribution < -0.4 is 5.32 Å². The highest BCUT2D eigenvalue weighted by Gasteiger charge is 2.33. The molecule has 1 amide bonds. The Morgan fingerprint density at radius 1 is 1.00 bits per heavy atom. The van der Waals surface area contributed by atoms with E-state index < -0.39 is 0 Å². The highest BCUT2D eigenvalue weighted by atomic mass is 16.5. The first-order chi connectivity index (χ1) is 13.1. The molecule has 1 N–H and O–H groups in total. The van der Waals surface area contributed by atoms with Crippen molar-refractivity contribution in [3.05, 3.63) is 0 Å². The van der Waals surface area contributed by atoms with E-state index in [2.05, 4.69) is 20.1 Å². The molecule has 27 heavy (non-hydrogen) atoms. The second kappa shape index (κ2) is 9.82. The van der Waals surface area contributed by atoms with Crippen LogP contribution >= 0.6 is 0 Å². The van der Waals surface area contributed by atoms with E-state index in [0.29, 0.717) is 11.9 Å². The minimum absolute atomic E-state index is 0.123. The van der Waals surface area contributed by atoms with Crippen LogP contribution in [0.5, 0.6) is 0 Å². The smallest absolute Gasteiger partial charge is 0.321 e. The van der Waals surface area contributed by atoms with Gasteiger partial charge in [0.25, 0.3) is 0 Å². The molecule has 3 rings (SSSR count). The minimum atomic E-state index is -0.234. The van der Waals surface area contributed by atoms with Gasteiger partial charge in [0.05, 0.1) is 7.11 Å². The maximum Gasteiger partial charge on any atom is 0.321 e. The number of piperidine rings is 2. The first-order valence-electron chi connectivity index (χ1n) is 10.3. The maximum atomic E-state index is 12.9. The van der Waals surface area contributed by atoms with Gasteiger partial charge in [-0.15, -0.1) is 0 Å². The second-order valence-electron chi connectivity index (χ2n) is 7.96. The van der Waals surface area contributed by atoms with Crippen LogP contribution in [0.4, 0.5) is 0 Å². The topological polar surface area (TPSA) is 68.4 Å². The predicted octanol–water partition coefficient (Wildman–Crippen LogP) is -0.386. The van der Waals surface area contributed by atoms with Gasteiger partial charge in [0.1, 0.15) is 6.54 Å². The van der Waals surface area contributed by atoms with E-state index in [4.69, 9.17) is 4.74 Å². The molecule has 154 valence electrons. The highest BCUT2D eigenvalue weighted by Crippen LogP contribution is 2.22. The molecular weight excluding hydrogens is 346 g/mol. The fourth-order valence-electron chi connectivity index (χ4n) is 4.54. The Morgan fingerprint density at radius 2 is 1.63 bits per heavy atom. The first kappa shape index (κ1) is 20.5. The molecule has 0 aromatic rings. The van der Waals surface area contributed by atoms with Crippen LogP contribution in [0.3, 0.4) is 0 Å². The van der Waals surface area contributed by atoms with Crippen molar-refractivity contribution in [2.75, 3.05) is 73.1 Å². The number of carbonyl (C=O) groups is 2. The van der Waals surface area contributed by atoms with Crippen molar-refractivity contribution in [1.82, 2.24) is 25.1 Å². The van der Waals surface area contributed by atoms with Crippen molar-refractivity contribution in [2.45, 2.75) is 31.7 Å². The molecule has 3 fully saturated rings. The van der Waals surface area contributed by atoms with E-state index in [1.807, 2.05) is 12.1 Å². The molecule has 0 spiro atoms. The summed E-state index contributed by atoms with van der Waals surface area (Å²) in [6, 6.07) is 0.692. The number of methoxy groups -OCH3 is 1. The third kappa shape index (κ3) is 5.40. The zero-order valence-electron chi connectivity index (χ0n) is 16.9. The third-order valence-corrected chi connectivity index (χ3v) is 6.34. The number of nitrogens with one attached hydrogen (secondary N) is 1. The standard InChI is InChI=1S/C19H35N5O3/c1-21(15-18(25)27-2)24-9-5-16(6-10-24)19(26)23-13-11-22(12-14-23)17-3-7-20-8-4-17/h16-17,20H,3-15H2,1-2H3. The van der Waals surface area contributed by atoms with Gasteiger partial charge in [-0.1, -0.05) is 0 Å². The van der Waals surface area contributed by atoms with Crippen molar-refractivity contribution < 1.29 is 14.3 Å². The lowest BCUT2D eigenvalue weighted by atomic mass is 9.95. The summed E-state index contributed by atoms with van der Waals surface area (Å²) in [5.74, 6) is 0.218. The summed E-state index contributed by atoms with van der Waals surface area (Å²) in [6.07, 6.45) is 4.18. The van der Waals surface area contributed by atoms with Crippen LogP contribution in [0.2, 0.25) is 0 Å². The fraction of sp³-hybridized carbons (Fsp3) is 0.895. The average molecular weight is 382 g/mol. The quantitative estimate of drug-likeness (QED) is 0.651. The number of amides is 1. The zero-order valence-corrected chi connectivity index (χ0v) is 16.9. The van der Waals surface area contributed by atoms with Gasteiger partial charge >= 0.3 is 5.97 Å². The third-order valence-electron chi connectivity index (χ3n) is 6.34. The van der Waals surface area contributed by atoms with E-state index in [1.54, 1.807) is 0 Å². The van der Waals surface area contributed by atoms with E-state index in [0.717, 1.165) is 65.2 Å². The Balaban J connectivity index is 1.40. The number of hydrogen-bond donors (Lipinski definition) is 1. The lowest BCUT2D eigenvalue weighted by Crippen LogP contribution is -2.56. The Labute approximate surface area is 162 Å². The molecule has 0 bridgehead atoms. The first-order valence-corrected chi connectivity index (χ1v) is 10.3. The number of nitrogens with zero attached hydrogens (tertiary/aromatic N) is 4. The molecule has 0 aliphatic carbocycles. The molecule has 0 unspecified atom stereocenters. The molecule has 3 heterocycles. The van der Waals surface area contributed by atoms with Gasteiger partial charge < -0.3 is 15.0 Å². The van der Waals surface area contributed by atoms with Gasteiger partial charge in [-0.25, -0.2) is 10.0 Å². The molecule has 3 saturated heterocycles. The number of piperazine rings is 1. The van der Waals surface area contributed by atoms with Gasteiger partial charge in [0, 0.05) is 58.3 Å². The molecule has 3 aliphatic rings. The summed E-state index contributed by atoms with van der Waals surface area (Å²) in [4.78, 5) is 29.0. The molecule has 0 radical (unpaired) electrons. The van der Waals surface area contributed by atoms with Gasteiger partial charge in [0.2, 0.25) is 5.91 Å². The van der Waals surface area contributed by atoms with Crippen LogP contribution in [0.25, 0.3) is 0 Å². The number of hydrazine groups is 1. The van der Waals surface area contributed by atoms with E-state index in [-0.39, 0.29) is 18.4 Å². The normalized spacial score (nSPS) is 24.3. The lowest BCUT2D eigenvalue weighted by Gasteiger charge is -2.43. The lowest BCUT2D eigenvalue weighted by molar-refractivity contribution is -0.150. The number of hydrogen-bond acceptors (Lipinski definition) is 7. The molecule has 8 nitrogen and oxygen atoms in total. The van der Waals surface area contributed by atoms with E-state index in [9.17, 15) is 9.59 Å². The summed E-state index contributed by atoms with van der Waals surface area (Å²) in [7, 11) is 3.31.